The van der Waals surface area contributed by atoms with Crippen LogP contribution in [0.3, 0.4) is 0 Å². The van der Waals surface area contributed by atoms with Crippen molar-refractivity contribution in [2.75, 3.05) is 5.32 Å². The third-order valence-corrected chi connectivity index (χ3v) is 10.8. The molecule has 7 heteroatoms. The fourth-order valence-electron chi connectivity index (χ4n) is 8.51. The van der Waals surface area contributed by atoms with Crippen molar-refractivity contribution >= 4 is 88.6 Å². The molecule has 0 saturated carbocycles. The van der Waals surface area contributed by atoms with E-state index in [0.717, 1.165) is 37.8 Å². The smallest absolute Gasteiger partial charge is 0.196 e. The molecule has 0 amide bonds. The Hall–Kier alpha value is -7.25. The van der Waals surface area contributed by atoms with Gasteiger partial charge in [0.1, 0.15) is 0 Å². The van der Waals surface area contributed by atoms with Crippen LogP contribution in [0.15, 0.2) is 126 Å². The van der Waals surface area contributed by atoms with E-state index in [0.29, 0.717) is 72.2 Å². The fraction of sp³-hybridized carbons (Fsp3) is 0. The molecule has 0 saturated heterocycles. The molecule has 11 rings (SSSR count). The summed E-state index contributed by atoms with van der Waals surface area (Å²) in [7, 11) is 0. The maximum absolute atomic E-state index is 14.3. The number of carbonyl (C=O) groups excluding carboxylic acids is 4. The number of hydrogen-bond donors (Lipinski definition) is 2. The van der Waals surface area contributed by atoms with E-state index in [2.05, 4.69) is 10.3 Å². The Balaban J connectivity index is 1.08. The molecule has 2 aliphatic rings. The molecular weight excluding hydrogens is 649 g/mol. The van der Waals surface area contributed by atoms with Crippen molar-refractivity contribution in [1.29, 1.82) is 0 Å². The lowest BCUT2D eigenvalue weighted by Gasteiger charge is -2.21. The summed E-state index contributed by atoms with van der Waals surface area (Å²) in [5.74, 6) is -0.811. The molecule has 1 aromatic heterocycles. The van der Waals surface area contributed by atoms with Gasteiger partial charge in [0.2, 0.25) is 0 Å². The highest BCUT2D eigenvalue weighted by Crippen LogP contribution is 2.42. The number of nitrogens with one attached hydrogen (secondary N) is 2. The van der Waals surface area contributed by atoms with Gasteiger partial charge in [-0.2, -0.15) is 0 Å². The minimum absolute atomic E-state index is 0.140. The minimum Gasteiger partial charge on any atom is -0.355 e. The van der Waals surface area contributed by atoms with E-state index in [4.69, 9.17) is 0 Å². The number of rotatable bonds is 2. The monoisotopic (exact) mass is 670 g/mol. The van der Waals surface area contributed by atoms with Crippen molar-refractivity contribution in [1.82, 2.24) is 4.98 Å². The average molecular weight is 671 g/mol. The lowest BCUT2D eigenvalue weighted by molar-refractivity contribution is 0.0979. The maximum atomic E-state index is 14.3. The number of benzene rings is 8. The maximum Gasteiger partial charge on any atom is 0.196 e. The molecule has 52 heavy (non-hydrogen) atoms. The van der Waals surface area contributed by atoms with Crippen molar-refractivity contribution in [3.8, 4) is 0 Å². The van der Waals surface area contributed by atoms with Crippen LogP contribution in [0.2, 0.25) is 0 Å². The summed E-state index contributed by atoms with van der Waals surface area (Å²) < 4.78 is 0. The van der Waals surface area contributed by atoms with E-state index in [-0.39, 0.29) is 28.6 Å². The second kappa shape index (κ2) is 9.93. The van der Waals surface area contributed by atoms with E-state index in [1.54, 1.807) is 78.9 Å². The summed E-state index contributed by atoms with van der Waals surface area (Å²) in [6.45, 7) is 0. The predicted octanol–water partition coefficient (Wildman–Crippen LogP) is 8.87. The SMILES string of the molecule is O=C1c2ccccc2C(=O)c2c(Nc3ccc4c(c3)c(=O)c3ccc5c6ccc7c(c6[nH]c6ccc4c3c65)C(=O)c3ccccc3C7=O)cccc21. The molecule has 2 N–H and O–H groups in total. The third-order valence-electron chi connectivity index (χ3n) is 10.8. The summed E-state index contributed by atoms with van der Waals surface area (Å²) in [6.07, 6.45) is 0. The normalized spacial score (nSPS) is 13.6. The van der Waals surface area contributed by atoms with Crippen molar-refractivity contribution < 1.29 is 19.2 Å². The van der Waals surface area contributed by atoms with E-state index in [1.807, 2.05) is 42.5 Å². The zero-order valence-corrected chi connectivity index (χ0v) is 27.1. The number of aromatic nitrogens is 1. The molecule has 0 bridgehead atoms. The molecule has 0 fully saturated rings. The van der Waals surface area contributed by atoms with Crippen LogP contribution < -0.4 is 10.7 Å². The van der Waals surface area contributed by atoms with E-state index >= 15 is 0 Å². The molecule has 0 unspecified atom stereocenters. The number of carbonyl (C=O) groups is 4. The van der Waals surface area contributed by atoms with Gasteiger partial charge in [0.05, 0.1) is 22.3 Å². The Morgan fingerprint density at radius 2 is 0.962 bits per heavy atom. The topological polar surface area (TPSA) is 113 Å². The lowest BCUT2D eigenvalue weighted by atomic mass is 9.82. The Kier molecular flexibility index (Phi) is 5.45. The molecular formula is C45H22N2O5. The van der Waals surface area contributed by atoms with Crippen LogP contribution in [0.4, 0.5) is 11.4 Å². The third kappa shape index (κ3) is 3.56. The molecule has 7 nitrogen and oxygen atoms in total. The molecule has 0 atom stereocenters. The van der Waals surface area contributed by atoms with Crippen LogP contribution >= 0.6 is 0 Å². The molecule has 0 aliphatic heterocycles. The molecule has 9 aromatic rings. The average Bonchev–Trinajstić information content (AvgIpc) is 3.18. The van der Waals surface area contributed by atoms with Gasteiger partial charge in [-0.1, -0.05) is 84.9 Å². The Morgan fingerprint density at radius 1 is 0.404 bits per heavy atom. The Bertz CT molecular complexity index is 3260. The number of hydrogen-bond acceptors (Lipinski definition) is 6. The van der Waals surface area contributed by atoms with Gasteiger partial charge < -0.3 is 10.3 Å². The summed E-state index contributed by atoms with van der Waals surface area (Å²) in [4.78, 5) is 72.0. The zero-order chi connectivity index (χ0) is 35.0. The van der Waals surface area contributed by atoms with Gasteiger partial charge in [-0.15, -0.1) is 0 Å². The van der Waals surface area contributed by atoms with Crippen LogP contribution in [-0.4, -0.2) is 28.1 Å². The number of aromatic amines is 1. The van der Waals surface area contributed by atoms with E-state index < -0.39 is 0 Å². The van der Waals surface area contributed by atoms with Gasteiger partial charge in [0.25, 0.3) is 0 Å². The van der Waals surface area contributed by atoms with Crippen molar-refractivity contribution in [3.63, 3.8) is 0 Å². The standard InChI is InChI=1S/C45H22N2O5/c48-41-26-6-1-3-8-28(26)44(51)38-30(41)10-5-11-34(38)46-21-12-13-22-23-18-19-35-37-24(14-16-31(36(23)37)43(50)33(22)20-21)25-15-17-32-39(40(25)47-35)45(52)29-9-4-2-7-27(29)42(32)49/h1-20,46-47H. The first-order valence-corrected chi connectivity index (χ1v) is 16.9. The van der Waals surface area contributed by atoms with Crippen molar-refractivity contribution in [2.24, 2.45) is 0 Å². The number of H-pyrrole nitrogens is 1. The highest BCUT2D eigenvalue weighted by Gasteiger charge is 2.33. The second-order valence-electron chi connectivity index (χ2n) is 13.5. The molecule has 242 valence electrons. The highest BCUT2D eigenvalue weighted by atomic mass is 16.1. The van der Waals surface area contributed by atoms with Gasteiger partial charge in [0, 0.05) is 71.5 Å². The summed E-state index contributed by atoms with van der Waals surface area (Å²) in [5.41, 5.74) is 5.23. The van der Waals surface area contributed by atoms with Crippen molar-refractivity contribution in [3.05, 3.63) is 176 Å². The van der Waals surface area contributed by atoms with Crippen molar-refractivity contribution in [2.45, 2.75) is 0 Å². The summed E-state index contributed by atoms with van der Waals surface area (Å²) in [5, 5.41) is 9.42. The summed E-state index contributed by atoms with van der Waals surface area (Å²) in [6, 6.07) is 35.8. The fourth-order valence-corrected chi connectivity index (χ4v) is 8.51. The lowest BCUT2D eigenvalue weighted by Crippen LogP contribution is -2.22. The van der Waals surface area contributed by atoms with Crippen LogP contribution in [0.1, 0.15) is 63.7 Å². The van der Waals surface area contributed by atoms with Crippen LogP contribution in [-0.2, 0) is 0 Å². The predicted molar refractivity (Wildman–Crippen MR) is 202 cm³/mol. The van der Waals surface area contributed by atoms with Crippen LogP contribution in [0.25, 0.3) is 54.1 Å². The van der Waals surface area contributed by atoms with Gasteiger partial charge in [-0.25, -0.2) is 0 Å². The van der Waals surface area contributed by atoms with Gasteiger partial charge >= 0.3 is 0 Å². The Morgan fingerprint density at radius 3 is 1.69 bits per heavy atom. The van der Waals surface area contributed by atoms with E-state index in [9.17, 15) is 24.0 Å². The molecule has 0 radical (unpaired) electrons. The number of ketones is 4. The second-order valence-corrected chi connectivity index (χ2v) is 13.5. The van der Waals surface area contributed by atoms with E-state index in [1.165, 1.54) is 0 Å². The molecule has 1 heterocycles. The van der Waals surface area contributed by atoms with Crippen LogP contribution in [0, 0.1) is 0 Å². The number of pyridine rings is 1. The van der Waals surface area contributed by atoms with Crippen LogP contribution in [0.5, 0.6) is 0 Å². The minimum atomic E-state index is -0.229. The van der Waals surface area contributed by atoms with Gasteiger partial charge in [0.15, 0.2) is 28.6 Å². The number of fused-ring (bicyclic) bond motifs is 9. The van der Waals surface area contributed by atoms with Gasteiger partial charge in [-0.3, -0.25) is 24.0 Å². The highest BCUT2D eigenvalue weighted by molar-refractivity contribution is 6.36. The molecule has 2 aliphatic carbocycles. The Labute approximate surface area is 293 Å². The zero-order valence-electron chi connectivity index (χ0n) is 27.1. The number of anilines is 2. The first kappa shape index (κ1) is 28.6. The van der Waals surface area contributed by atoms with Gasteiger partial charge in [-0.05, 0) is 52.6 Å². The molecule has 8 aromatic carbocycles. The first-order valence-electron chi connectivity index (χ1n) is 16.9. The largest absolute Gasteiger partial charge is 0.355 e. The molecule has 0 spiro atoms. The summed E-state index contributed by atoms with van der Waals surface area (Å²) >= 11 is 0. The first-order chi connectivity index (χ1) is 25.4. The quantitative estimate of drug-likeness (QED) is 0.140.